The van der Waals surface area contributed by atoms with Crippen molar-refractivity contribution in [3.05, 3.63) is 65.7 Å². The molecule has 0 spiro atoms. The minimum absolute atomic E-state index is 0.0244. The summed E-state index contributed by atoms with van der Waals surface area (Å²) < 4.78 is 6.10. The molecule has 0 radical (unpaired) electrons. The molecule has 3 N–H and O–H groups in total. The van der Waals surface area contributed by atoms with Crippen LogP contribution in [0.5, 0.6) is 5.75 Å². The minimum atomic E-state index is -1.25. The highest BCUT2D eigenvalue weighted by molar-refractivity contribution is 6.01. The van der Waals surface area contributed by atoms with Crippen molar-refractivity contribution in [2.24, 2.45) is 0 Å². The number of hydrogen-bond donors (Lipinski definition) is 3. The van der Waals surface area contributed by atoms with Gasteiger partial charge >= 0.3 is 0 Å². The maximum atomic E-state index is 13.7. The van der Waals surface area contributed by atoms with Crippen LogP contribution in [-0.2, 0) is 30.4 Å². The molecule has 0 bridgehead atoms. The zero-order valence-electron chi connectivity index (χ0n) is 26.6. The number of ether oxygens (including phenoxy) is 1. The number of nitrogens with zero attached hydrogens (tertiary/aromatic N) is 3. The molecule has 0 unspecified atom stereocenters. The van der Waals surface area contributed by atoms with E-state index in [9.17, 15) is 28.8 Å². The van der Waals surface area contributed by atoms with E-state index in [1.807, 2.05) is 30.3 Å². The van der Waals surface area contributed by atoms with Crippen LogP contribution in [-0.4, -0.2) is 115 Å². The Kier molecular flexibility index (Phi) is 11.1. The molecular formula is C34H42N6O7. The summed E-state index contributed by atoms with van der Waals surface area (Å²) in [5, 5.41) is 8.45. The zero-order chi connectivity index (χ0) is 33.3. The van der Waals surface area contributed by atoms with Crippen molar-refractivity contribution < 1.29 is 33.5 Å². The Morgan fingerprint density at radius 2 is 1.70 bits per heavy atom. The second kappa shape index (κ2) is 15.6. The molecule has 13 nitrogen and oxygen atoms in total. The summed E-state index contributed by atoms with van der Waals surface area (Å²) in [4.78, 5) is 83.9. The summed E-state index contributed by atoms with van der Waals surface area (Å²) in [5.74, 6) is -2.16. The third-order valence-electron chi connectivity index (χ3n) is 8.73. The Morgan fingerprint density at radius 3 is 2.47 bits per heavy atom. The molecule has 0 aliphatic carbocycles. The molecular weight excluding hydrogens is 604 g/mol. The van der Waals surface area contributed by atoms with Gasteiger partial charge < -0.3 is 35.4 Å². The molecule has 6 amide bonds. The maximum absolute atomic E-state index is 13.7. The van der Waals surface area contributed by atoms with Gasteiger partial charge in [-0.2, -0.15) is 0 Å². The third kappa shape index (κ3) is 8.66. The van der Waals surface area contributed by atoms with Crippen LogP contribution >= 0.6 is 0 Å². The number of carbonyl (C=O) groups excluding carboxylic acids is 6. The number of para-hydroxylation sites is 1. The standard InChI is InChI=1S/C34H42N6O7/c1-38-21-29(41)36-24(19-23-9-3-2-4-10-23)22-47-28-13-6-5-11-25(28)32(44)37-26(20-31(43)40-17-7-12-27(40)34(38)46)33(45)35-15-18-39-16-8-14-30(39)42/h2-6,9-11,13,24,26-27H,7-8,12,14-22H2,1H3,(H,35,45)(H,36,41)(H,37,44)/t24-,26+,27-/m1/s1. The molecule has 250 valence electrons. The van der Waals surface area contributed by atoms with Crippen molar-refractivity contribution >= 4 is 35.4 Å². The van der Waals surface area contributed by atoms with Gasteiger partial charge in [0.25, 0.3) is 5.91 Å². The molecule has 13 heteroatoms. The van der Waals surface area contributed by atoms with Crippen LogP contribution in [0.4, 0.5) is 0 Å². The first kappa shape index (κ1) is 33.4. The lowest BCUT2D eigenvalue weighted by Gasteiger charge is -2.29. The molecule has 0 aromatic heterocycles. The average Bonchev–Trinajstić information content (AvgIpc) is 3.72. The van der Waals surface area contributed by atoms with Crippen molar-refractivity contribution in [3.8, 4) is 5.75 Å². The predicted octanol–water partition coefficient (Wildman–Crippen LogP) is 0.483. The van der Waals surface area contributed by atoms with Crippen LogP contribution in [0, 0.1) is 0 Å². The first-order valence-electron chi connectivity index (χ1n) is 16.2. The Balaban J connectivity index is 1.40. The molecule has 5 rings (SSSR count). The molecule has 2 aromatic rings. The number of likely N-dealkylation sites (N-methyl/N-ethyl adjacent to an activating group) is 1. The molecule has 47 heavy (non-hydrogen) atoms. The van der Waals surface area contributed by atoms with E-state index in [-0.39, 0.29) is 55.2 Å². The number of hydrogen-bond acceptors (Lipinski definition) is 7. The Hall–Kier alpha value is -4.94. The first-order valence-corrected chi connectivity index (χ1v) is 16.2. The minimum Gasteiger partial charge on any atom is -0.491 e. The van der Waals surface area contributed by atoms with E-state index in [0.29, 0.717) is 45.3 Å². The second-order valence-corrected chi connectivity index (χ2v) is 12.2. The van der Waals surface area contributed by atoms with Crippen molar-refractivity contribution in [1.29, 1.82) is 0 Å². The fraction of sp³-hybridized carbons (Fsp3) is 0.471. The molecule has 3 heterocycles. The Bertz CT molecular complexity index is 1480. The Morgan fingerprint density at radius 1 is 0.936 bits per heavy atom. The van der Waals surface area contributed by atoms with E-state index in [1.54, 1.807) is 29.2 Å². The monoisotopic (exact) mass is 646 g/mol. The fourth-order valence-corrected chi connectivity index (χ4v) is 6.28. The third-order valence-corrected chi connectivity index (χ3v) is 8.73. The van der Waals surface area contributed by atoms with Crippen LogP contribution in [0.15, 0.2) is 54.6 Å². The number of amides is 6. The second-order valence-electron chi connectivity index (χ2n) is 12.2. The highest BCUT2D eigenvalue weighted by Crippen LogP contribution is 2.22. The predicted molar refractivity (Wildman–Crippen MR) is 171 cm³/mol. The summed E-state index contributed by atoms with van der Waals surface area (Å²) >= 11 is 0. The van der Waals surface area contributed by atoms with Crippen molar-refractivity contribution in [2.75, 3.05) is 46.4 Å². The van der Waals surface area contributed by atoms with E-state index in [4.69, 9.17) is 4.74 Å². The van der Waals surface area contributed by atoms with Crippen LogP contribution < -0.4 is 20.7 Å². The smallest absolute Gasteiger partial charge is 0.255 e. The Labute approximate surface area is 274 Å². The van der Waals surface area contributed by atoms with Crippen molar-refractivity contribution in [2.45, 2.75) is 56.7 Å². The van der Waals surface area contributed by atoms with Gasteiger partial charge in [-0.15, -0.1) is 0 Å². The van der Waals surface area contributed by atoms with Crippen LogP contribution in [0.3, 0.4) is 0 Å². The quantitative estimate of drug-likeness (QED) is 0.412. The fourth-order valence-electron chi connectivity index (χ4n) is 6.28. The summed E-state index contributed by atoms with van der Waals surface area (Å²) in [7, 11) is 1.53. The SMILES string of the molecule is CN1CC(=O)N[C@H](Cc2ccccc2)COc2ccccc2C(=O)N[C@H](C(=O)NCCN2CCCC2=O)CC(=O)N2CCC[C@@H]2C1=O. The molecule has 0 saturated carbocycles. The molecule has 3 aliphatic rings. The van der Waals surface area contributed by atoms with E-state index < -0.39 is 35.8 Å². The first-order chi connectivity index (χ1) is 22.7. The van der Waals surface area contributed by atoms with E-state index >= 15 is 0 Å². The van der Waals surface area contributed by atoms with Crippen LogP contribution in [0.1, 0.15) is 48.0 Å². The van der Waals surface area contributed by atoms with Gasteiger partial charge in [-0.05, 0) is 43.4 Å². The topological polar surface area (TPSA) is 157 Å². The van der Waals surface area contributed by atoms with Gasteiger partial charge in [-0.1, -0.05) is 42.5 Å². The average molecular weight is 647 g/mol. The molecule has 3 aliphatic heterocycles. The van der Waals surface area contributed by atoms with Gasteiger partial charge in [0.15, 0.2) is 0 Å². The highest BCUT2D eigenvalue weighted by atomic mass is 16.5. The highest BCUT2D eigenvalue weighted by Gasteiger charge is 2.38. The number of nitrogens with one attached hydrogen (secondary N) is 3. The van der Waals surface area contributed by atoms with Gasteiger partial charge in [0.05, 0.1) is 24.6 Å². The molecule has 2 aromatic carbocycles. The number of likely N-dealkylation sites (tertiary alicyclic amines) is 1. The van der Waals surface area contributed by atoms with Gasteiger partial charge in [0.1, 0.15) is 24.4 Å². The van der Waals surface area contributed by atoms with Gasteiger partial charge in [-0.25, -0.2) is 0 Å². The van der Waals surface area contributed by atoms with E-state index in [1.165, 1.54) is 16.8 Å². The molecule has 2 saturated heterocycles. The summed E-state index contributed by atoms with van der Waals surface area (Å²) in [6.07, 6.45) is 2.31. The number of fused-ring (bicyclic) bond motifs is 2. The number of rotatable bonds is 6. The normalized spacial score (nSPS) is 23.0. The van der Waals surface area contributed by atoms with Gasteiger partial charge in [0.2, 0.25) is 29.5 Å². The lowest BCUT2D eigenvalue weighted by molar-refractivity contribution is -0.145. The largest absolute Gasteiger partial charge is 0.491 e. The lowest BCUT2D eigenvalue weighted by atomic mass is 10.1. The summed E-state index contributed by atoms with van der Waals surface area (Å²) in [6, 6.07) is 13.6. The maximum Gasteiger partial charge on any atom is 0.255 e. The molecule has 3 atom stereocenters. The zero-order valence-corrected chi connectivity index (χ0v) is 26.6. The van der Waals surface area contributed by atoms with Crippen LogP contribution in [0.25, 0.3) is 0 Å². The van der Waals surface area contributed by atoms with E-state index in [2.05, 4.69) is 16.0 Å². The number of benzene rings is 2. The van der Waals surface area contributed by atoms with Gasteiger partial charge in [0, 0.05) is 39.6 Å². The van der Waals surface area contributed by atoms with Crippen LogP contribution in [0.2, 0.25) is 0 Å². The van der Waals surface area contributed by atoms with Crippen molar-refractivity contribution in [1.82, 2.24) is 30.7 Å². The van der Waals surface area contributed by atoms with Crippen molar-refractivity contribution in [3.63, 3.8) is 0 Å². The van der Waals surface area contributed by atoms with E-state index in [0.717, 1.165) is 12.0 Å². The molecule has 2 fully saturated rings. The number of carbonyl (C=O) groups is 6. The summed E-state index contributed by atoms with van der Waals surface area (Å²) in [5.41, 5.74) is 1.12. The lowest BCUT2D eigenvalue weighted by Crippen LogP contribution is -2.53. The van der Waals surface area contributed by atoms with Gasteiger partial charge in [-0.3, -0.25) is 28.8 Å². The summed E-state index contributed by atoms with van der Waals surface area (Å²) in [6.45, 7) is 1.22.